The molecule has 20 heavy (non-hydrogen) atoms. The maximum atomic E-state index is 12.6. The number of nitrogens with two attached hydrogens (primary N) is 1. The molecule has 3 N–H and O–H groups in total. The maximum absolute atomic E-state index is 12.6. The zero-order valence-electron chi connectivity index (χ0n) is 12.0. The van der Waals surface area contributed by atoms with Gasteiger partial charge in [-0.25, -0.2) is 8.42 Å². The summed E-state index contributed by atoms with van der Waals surface area (Å²) in [4.78, 5) is 0.157. The van der Waals surface area contributed by atoms with Crippen molar-refractivity contribution in [3.8, 4) is 0 Å². The number of rotatable bonds is 2. The smallest absolute Gasteiger partial charge is 0.245 e. The fraction of sp³-hybridized carbons (Fsp3) is 0.571. The summed E-state index contributed by atoms with van der Waals surface area (Å²) in [5.41, 5.74) is 6.27. The van der Waals surface area contributed by atoms with E-state index >= 15 is 0 Å². The lowest BCUT2D eigenvalue weighted by molar-refractivity contribution is 0.0465. The molecule has 2 rings (SSSR count). The van der Waals surface area contributed by atoms with Crippen LogP contribution in [0, 0.1) is 6.92 Å². The van der Waals surface area contributed by atoms with Gasteiger partial charge in [-0.1, -0.05) is 6.07 Å². The first kappa shape index (κ1) is 15.3. The van der Waals surface area contributed by atoms with Gasteiger partial charge < -0.3 is 10.8 Å². The van der Waals surface area contributed by atoms with Gasteiger partial charge in [0.15, 0.2) is 0 Å². The molecule has 1 aliphatic rings. The molecule has 1 saturated heterocycles. The summed E-state index contributed by atoms with van der Waals surface area (Å²) < 4.78 is 26.7. The van der Waals surface area contributed by atoms with E-state index in [-0.39, 0.29) is 10.6 Å². The quantitative estimate of drug-likeness (QED) is 0.811. The molecule has 1 fully saturated rings. The van der Waals surface area contributed by atoms with Crippen molar-refractivity contribution in [2.24, 2.45) is 0 Å². The van der Waals surface area contributed by atoms with Crippen molar-refractivity contribution in [2.75, 3.05) is 18.8 Å². The SMILES string of the molecule is Cc1ccc(S(=O)(=O)N2CCCC(C)(O)CC2)c(N)c1. The fourth-order valence-corrected chi connectivity index (χ4v) is 4.10. The lowest BCUT2D eigenvalue weighted by Crippen LogP contribution is -2.34. The van der Waals surface area contributed by atoms with Crippen LogP contribution < -0.4 is 5.73 Å². The topological polar surface area (TPSA) is 83.6 Å². The molecule has 0 radical (unpaired) electrons. The van der Waals surface area contributed by atoms with E-state index in [0.29, 0.717) is 32.4 Å². The van der Waals surface area contributed by atoms with E-state index in [1.165, 1.54) is 4.31 Å². The average Bonchev–Trinajstić information content (AvgIpc) is 2.50. The standard InChI is InChI=1S/C14H22N2O3S/c1-11-4-5-13(12(15)10-11)20(18,19)16-8-3-6-14(2,17)7-9-16/h4-5,10,17H,3,6-9,15H2,1-2H3. The third-order valence-electron chi connectivity index (χ3n) is 3.81. The summed E-state index contributed by atoms with van der Waals surface area (Å²) >= 11 is 0. The van der Waals surface area contributed by atoms with Gasteiger partial charge in [-0.15, -0.1) is 0 Å². The summed E-state index contributed by atoms with van der Waals surface area (Å²) in [5.74, 6) is 0. The van der Waals surface area contributed by atoms with Crippen LogP contribution in [0.4, 0.5) is 5.69 Å². The summed E-state index contributed by atoms with van der Waals surface area (Å²) in [7, 11) is -3.59. The Kier molecular flexibility index (Phi) is 4.09. The predicted octanol–water partition coefficient (Wildman–Crippen LogP) is 1.50. The summed E-state index contributed by atoms with van der Waals surface area (Å²) in [5, 5.41) is 10.1. The Morgan fingerprint density at radius 3 is 2.65 bits per heavy atom. The predicted molar refractivity (Wildman–Crippen MR) is 78.8 cm³/mol. The summed E-state index contributed by atoms with van der Waals surface area (Å²) in [6, 6.07) is 4.97. The van der Waals surface area contributed by atoms with Crippen LogP contribution in [0.25, 0.3) is 0 Å². The number of benzene rings is 1. The highest BCUT2D eigenvalue weighted by atomic mass is 32.2. The van der Waals surface area contributed by atoms with Gasteiger partial charge in [0.05, 0.1) is 11.3 Å². The Hall–Kier alpha value is -1.11. The molecule has 0 amide bonds. The molecule has 1 aliphatic heterocycles. The van der Waals surface area contributed by atoms with Gasteiger partial charge in [0.1, 0.15) is 4.90 Å². The van der Waals surface area contributed by atoms with E-state index in [2.05, 4.69) is 0 Å². The fourth-order valence-electron chi connectivity index (χ4n) is 2.52. The zero-order chi connectivity index (χ0) is 15.0. The molecule has 1 aromatic rings. The van der Waals surface area contributed by atoms with Crippen LogP contribution in [0.3, 0.4) is 0 Å². The molecule has 0 aromatic heterocycles. The summed E-state index contributed by atoms with van der Waals surface area (Å²) in [6.07, 6.45) is 1.71. The van der Waals surface area contributed by atoms with Crippen LogP contribution in [0.5, 0.6) is 0 Å². The lowest BCUT2D eigenvalue weighted by atomic mass is 9.98. The average molecular weight is 298 g/mol. The highest BCUT2D eigenvalue weighted by Gasteiger charge is 2.32. The van der Waals surface area contributed by atoms with Crippen molar-refractivity contribution in [3.05, 3.63) is 23.8 Å². The van der Waals surface area contributed by atoms with Crippen molar-refractivity contribution in [3.63, 3.8) is 0 Å². The second kappa shape index (κ2) is 5.35. The Bertz CT molecular complexity index is 596. The van der Waals surface area contributed by atoms with Crippen LogP contribution >= 0.6 is 0 Å². The molecule has 1 aromatic carbocycles. The van der Waals surface area contributed by atoms with Crippen molar-refractivity contribution in [2.45, 2.75) is 43.6 Å². The number of hydrogen-bond donors (Lipinski definition) is 2. The second-order valence-corrected chi connectivity index (χ2v) is 7.70. The number of nitrogens with zero attached hydrogens (tertiary/aromatic N) is 1. The molecule has 0 bridgehead atoms. The Morgan fingerprint density at radius 1 is 1.30 bits per heavy atom. The number of hydrogen-bond acceptors (Lipinski definition) is 4. The number of nitrogen functional groups attached to an aromatic ring is 1. The zero-order valence-corrected chi connectivity index (χ0v) is 12.8. The minimum absolute atomic E-state index is 0.157. The highest BCUT2D eigenvalue weighted by molar-refractivity contribution is 7.89. The van der Waals surface area contributed by atoms with Crippen LogP contribution in [0.2, 0.25) is 0 Å². The molecule has 0 spiro atoms. The molecule has 0 aliphatic carbocycles. The van der Waals surface area contributed by atoms with Gasteiger partial charge >= 0.3 is 0 Å². The third kappa shape index (κ3) is 3.13. The normalized spacial score (nSPS) is 25.4. The molecule has 0 saturated carbocycles. The molecule has 5 nitrogen and oxygen atoms in total. The summed E-state index contributed by atoms with van der Waals surface area (Å²) in [6.45, 7) is 4.37. The van der Waals surface area contributed by atoms with E-state index in [9.17, 15) is 13.5 Å². The van der Waals surface area contributed by atoms with Gasteiger partial charge in [0, 0.05) is 13.1 Å². The Balaban J connectivity index is 2.30. The Labute approximate surface area is 120 Å². The highest BCUT2D eigenvalue weighted by Crippen LogP contribution is 2.28. The van der Waals surface area contributed by atoms with E-state index < -0.39 is 15.6 Å². The van der Waals surface area contributed by atoms with E-state index in [1.54, 1.807) is 25.1 Å². The molecule has 6 heteroatoms. The molecule has 1 heterocycles. The van der Waals surface area contributed by atoms with Crippen LogP contribution in [-0.4, -0.2) is 36.5 Å². The molecule has 1 unspecified atom stereocenters. The second-order valence-electron chi connectivity index (χ2n) is 5.80. The van der Waals surface area contributed by atoms with Gasteiger partial charge in [-0.3, -0.25) is 0 Å². The van der Waals surface area contributed by atoms with Crippen molar-refractivity contribution >= 4 is 15.7 Å². The van der Waals surface area contributed by atoms with Gasteiger partial charge in [-0.05, 0) is 50.8 Å². The van der Waals surface area contributed by atoms with E-state index in [0.717, 1.165) is 5.56 Å². The first-order valence-electron chi connectivity index (χ1n) is 6.81. The van der Waals surface area contributed by atoms with Crippen LogP contribution in [0.15, 0.2) is 23.1 Å². The number of aliphatic hydroxyl groups is 1. The van der Waals surface area contributed by atoms with E-state index in [1.807, 2.05) is 6.92 Å². The molecular weight excluding hydrogens is 276 g/mol. The molecule has 1 atom stereocenters. The van der Waals surface area contributed by atoms with Gasteiger partial charge in [0.2, 0.25) is 10.0 Å². The lowest BCUT2D eigenvalue weighted by Gasteiger charge is -2.22. The van der Waals surface area contributed by atoms with Crippen molar-refractivity contribution in [1.82, 2.24) is 4.31 Å². The first-order chi connectivity index (χ1) is 9.22. The van der Waals surface area contributed by atoms with E-state index in [4.69, 9.17) is 5.73 Å². The number of aryl methyl sites for hydroxylation is 1. The third-order valence-corrected chi connectivity index (χ3v) is 5.78. The van der Waals surface area contributed by atoms with Crippen LogP contribution in [-0.2, 0) is 10.0 Å². The maximum Gasteiger partial charge on any atom is 0.245 e. The molecule has 112 valence electrons. The first-order valence-corrected chi connectivity index (χ1v) is 8.25. The van der Waals surface area contributed by atoms with Crippen LogP contribution in [0.1, 0.15) is 31.7 Å². The van der Waals surface area contributed by atoms with Gasteiger partial charge in [0.25, 0.3) is 0 Å². The minimum Gasteiger partial charge on any atom is -0.398 e. The van der Waals surface area contributed by atoms with Crippen molar-refractivity contribution in [1.29, 1.82) is 0 Å². The van der Waals surface area contributed by atoms with Crippen molar-refractivity contribution < 1.29 is 13.5 Å². The number of sulfonamides is 1. The largest absolute Gasteiger partial charge is 0.398 e. The number of anilines is 1. The van der Waals surface area contributed by atoms with Gasteiger partial charge in [-0.2, -0.15) is 4.31 Å². The molecular formula is C14H22N2O3S. The monoisotopic (exact) mass is 298 g/mol. The minimum atomic E-state index is -3.59. The Morgan fingerprint density at radius 2 is 2.00 bits per heavy atom.